The van der Waals surface area contributed by atoms with Crippen molar-refractivity contribution in [2.24, 2.45) is 0 Å². The molecule has 0 radical (unpaired) electrons. The van der Waals surface area contributed by atoms with Gasteiger partial charge >= 0.3 is 0 Å². The molecule has 0 amide bonds. The van der Waals surface area contributed by atoms with Gasteiger partial charge in [-0.05, 0) is 62.6 Å². The van der Waals surface area contributed by atoms with Crippen molar-refractivity contribution in [3.8, 4) is 5.75 Å². The van der Waals surface area contributed by atoms with Crippen molar-refractivity contribution >= 4 is 11.4 Å². The fraction of sp³-hybridized carbons (Fsp3) is 0.368. The van der Waals surface area contributed by atoms with Crippen molar-refractivity contribution in [1.82, 2.24) is 0 Å². The van der Waals surface area contributed by atoms with Crippen LogP contribution >= 0.6 is 0 Å². The molecule has 2 aromatic rings. The number of benzene rings is 2. The monoisotopic (exact) mass is 297 g/mol. The molecule has 22 heavy (non-hydrogen) atoms. The second kappa shape index (κ2) is 6.84. The van der Waals surface area contributed by atoms with E-state index in [4.69, 9.17) is 9.47 Å². The van der Waals surface area contributed by atoms with Gasteiger partial charge in [-0.15, -0.1) is 0 Å². The summed E-state index contributed by atoms with van der Waals surface area (Å²) in [5, 5.41) is 0. The van der Waals surface area contributed by atoms with E-state index in [1.165, 1.54) is 17.7 Å². The average molecular weight is 297 g/mol. The summed E-state index contributed by atoms with van der Waals surface area (Å²) in [5.74, 6) is 0.872. The molecule has 1 heterocycles. The topological polar surface area (TPSA) is 21.7 Å². The molecule has 0 N–H and O–H groups in total. The fourth-order valence-electron chi connectivity index (χ4n) is 2.86. The minimum Gasteiger partial charge on any atom is -0.497 e. The van der Waals surface area contributed by atoms with Crippen LogP contribution in [0.1, 0.15) is 24.8 Å². The molecule has 3 rings (SSSR count). The highest BCUT2D eigenvalue weighted by molar-refractivity contribution is 5.64. The zero-order valence-corrected chi connectivity index (χ0v) is 13.3. The Balaban J connectivity index is 1.95. The van der Waals surface area contributed by atoms with Gasteiger partial charge in [-0.1, -0.05) is 17.7 Å². The molecule has 1 saturated heterocycles. The summed E-state index contributed by atoms with van der Waals surface area (Å²) >= 11 is 0. The molecular weight excluding hydrogens is 274 g/mol. The number of rotatable bonds is 4. The van der Waals surface area contributed by atoms with Gasteiger partial charge in [0.15, 0.2) is 0 Å². The number of hydrogen-bond acceptors (Lipinski definition) is 3. The van der Waals surface area contributed by atoms with Crippen LogP contribution in [-0.4, -0.2) is 19.9 Å². The number of hydrogen-bond donors (Lipinski definition) is 0. The third-order valence-electron chi connectivity index (χ3n) is 4.11. The Hall–Kier alpha value is -2.00. The molecule has 0 bridgehead atoms. The van der Waals surface area contributed by atoms with Crippen molar-refractivity contribution in [2.45, 2.75) is 32.4 Å². The zero-order chi connectivity index (χ0) is 15.4. The van der Waals surface area contributed by atoms with Crippen LogP contribution in [0.5, 0.6) is 5.75 Å². The van der Waals surface area contributed by atoms with Crippen LogP contribution in [0, 0.1) is 6.92 Å². The summed E-state index contributed by atoms with van der Waals surface area (Å²) in [5.41, 5.74) is 3.57. The Morgan fingerprint density at radius 2 is 1.59 bits per heavy atom. The van der Waals surface area contributed by atoms with Gasteiger partial charge in [0.05, 0.1) is 7.11 Å². The first kappa shape index (κ1) is 14.9. The van der Waals surface area contributed by atoms with E-state index < -0.39 is 0 Å². The van der Waals surface area contributed by atoms with Crippen LogP contribution in [0.4, 0.5) is 11.4 Å². The van der Waals surface area contributed by atoms with Gasteiger partial charge in [0.1, 0.15) is 12.0 Å². The molecule has 3 heteroatoms. The zero-order valence-electron chi connectivity index (χ0n) is 13.3. The Morgan fingerprint density at radius 3 is 2.14 bits per heavy atom. The molecule has 0 aliphatic carbocycles. The van der Waals surface area contributed by atoms with Crippen LogP contribution in [0.15, 0.2) is 48.5 Å². The Kier molecular flexibility index (Phi) is 4.64. The van der Waals surface area contributed by atoms with Gasteiger partial charge in [-0.3, -0.25) is 0 Å². The lowest BCUT2D eigenvalue weighted by molar-refractivity contribution is 0.0208. The molecule has 1 fully saturated rings. The number of methoxy groups -OCH3 is 1. The Labute approximate surface area is 132 Å². The van der Waals surface area contributed by atoms with Crippen LogP contribution in [0.3, 0.4) is 0 Å². The minimum atomic E-state index is 0.102. The lowest BCUT2D eigenvalue weighted by Gasteiger charge is -2.36. The second-order valence-electron chi connectivity index (χ2n) is 5.72. The molecule has 0 spiro atoms. The van der Waals surface area contributed by atoms with Crippen LogP contribution < -0.4 is 9.64 Å². The maximum atomic E-state index is 6.03. The minimum absolute atomic E-state index is 0.102. The highest BCUT2D eigenvalue weighted by Crippen LogP contribution is 2.33. The first-order valence-corrected chi connectivity index (χ1v) is 7.89. The highest BCUT2D eigenvalue weighted by atomic mass is 16.5. The van der Waals surface area contributed by atoms with E-state index in [2.05, 4.69) is 48.2 Å². The van der Waals surface area contributed by atoms with Crippen LogP contribution in [0.2, 0.25) is 0 Å². The van der Waals surface area contributed by atoms with Gasteiger partial charge in [0, 0.05) is 18.0 Å². The molecule has 1 atom stereocenters. The van der Waals surface area contributed by atoms with E-state index in [0.717, 1.165) is 30.9 Å². The first-order chi connectivity index (χ1) is 10.8. The van der Waals surface area contributed by atoms with E-state index in [0.29, 0.717) is 0 Å². The van der Waals surface area contributed by atoms with E-state index in [-0.39, 0.29) is 6.23 Å². The van der Waals surface area contributed by atoms with Gasteiger partial charge in [-0.2, -0.15) is 0 Å². The van der Waals surface area contributed by atoms with Gasteiger partial charge in [-0.25, -0.2) is 0 Å². The summed E-state index contributed by atoms with van der Waals surface area (Å²) in [7, 11) is 1.69. The summed E-state index contributed by atoms with van der Waals surface area (Å²) < 4.78 is 11.3. The van der Waals surface area contributed by atoms with Crippen molar-refractivity contribution in [1.29, 1.82) is 0 Å². The first-order valence-electron chi connectivity index (χ1n) is 7.89. The van der Waals surface area contributed by atoms with Gasteiger partial charge in [0.25, 0.3) is 0 Å². The fourth-order valence-corrected chi connectivity index (χ4v) is 2.86. The SMILES string of the molecule is COc1ccc(N(c2ccc(C)cc2)C2CCCCO2)cc1. The van der Waals surface area contributed by atoms with Crippen molar-refractivity contribution in [2.75, 3.05) is 18.6 Å². The summed E-state index contributed by atoms with van der Waals surface area (Å²) in [6, 6.07) is 16.8. The molecule has 3 nitrogen and oxygen atoms in total. The summed E-state index contributed by atoms with van der Waals surface area (Å²) in [6.45, 7) is 2.95. The normalized spacial score (nSPS) is 18.0. The molecule has 1 unspecified atom stereocenters. The predicted molar refractivity (Wildman–Crippen MR) is 89.9 cm³/mol. The molecule has 2 aromatic carbocycles. The predicted octanol–water partition coefficient (Wildman–Crippen LogP) is 4.67. The molecule has 0 aromatic heterocycles. The molecule has 1 aliphatic rings. The lowest BCUT2D eigenvalue weighted by atomic mass is 10.1. The number of nitrogens with zero attached hydrogens (tertiary/aromatic N) is 1. The van der Waals surface area contributed by atoms with Crippen LogP contribution in [0.25, 0.3) is 0 Å². The van der Waals surface area contributed by atoms with E-state index >= 15 is 0 Å². The highest BCUT2D eigenvalue weighted by Gasteiger charge is 2.23. The Bertz CT molecular complexity index is 586. The maximum absolute atomic E-state index is 6.03. The van der Waals surface area contributed by atoms with E-state index in [9.17, 15) is 0 Å². The number of ether oxygens (including phenoxy) is 2. The lowest BCUT2D eigenvalue weighted by Crippen LogP contribution is -2.36. The van der Waals surface area contributed by atoms with E-state index in [1.807, 2.05) is 12.1 Å². The Morgan fingerprint density at radius 1 is 0.955 bits per heavy atom. The third-order valence-corrected chi connectivity index (χ3v) is 4.11. The standard InChI is InChI=1S/C19H23NO2/c1-15-6-8-16(9-7-15)20(19-5-3-4-14-22-19)17-10-12-18(21-2)13-11-17/h6-13,19H,3-5,14H2,1-2H3. The maximum Gasteiger partial charge on any atom is 0.134 e. The average Bonchev–Trinajstić information content (AvgIpc) is 2.58. The molecular formula is C19H23NO2. The van der Waals surface area contributed by atoms with E-state index in [1.54, 1.807) is 7.11 Å². The largest absolute Gasteiger partial charge is 0.497 e. The van der Waals surface area contributed by atoms with Gasteiger partial charge in [0.2, 0.25) is 0 Å². The number of anilines is 2. The molecule has 1 aliphatic heterocycles. The second-order valence-corrected chi connectivity index (χ2v) is 5.72. The van der Waals surface area contributed by atoms with Crippen molar-refractivity contribution in [3.05, 3.63) is 54.1 Å². The van der Waals surface area contributed by atoms with Gasteiger partial charge < -0.3 is 14.4 Å². The summed E-state index contributed by atoms with van der Waals surface area (Å²) in [6.07, 6.45) is 3.52. The molecule has 116 valence electrons. The summed E-state index contributed by atoms with van der Waals surface area (Å²) in [4.78, 5) is 2.29. The number of aryl methyl sites for hydroxylation is 1. The smallest absolute Gasteiger partial charge is 0.134 e. The quantitative estimate of drug-likeness (QED) is 0.818. The van der Waals surface area contributed by atoms with Crippen molar-refractivity contribution in [3.63, 3.8) is 0 Å². The van der Waals surface area contributed by atoms with Crippen LogP contribution in [-0.2, 0) is 4.74 Å². The molecule has 0 saturated carbocycles. The van der Waals surface area contributed by atoms with Crippen molar-refractivity contribution < 1.29 is 9.47 Å². The third kappa shape index (κ3) is 3.25.